The molecule has 0 radical (unpaired) electrons. The topological polar surface area (TPSA) is 92.9 Å². The maximum absolute atomic E-state index is 11.5. The Hall–Kier alpha value is -5.46. The second kappa shape index (κ2) is 14.6. The van der Waals surface area contributed by atoms with E-state index in [0.717, 1.165) is 33.8 Å². The Morgan fingerprint density at radius 2 is 1.20 bits per heavy atom. The average Bonchev–Trinajstić information content (AvgIpc) is 2.99. The van der Waals surface area contributed by atoms with Crippen molar-refractivity contribution >= 4 is 34.7 Å². The minimum atomic E-state index is -1.01. The SMILES string of the molecule is Nc1ccc(C#Cc2ccc(N(c3ccccc3)c3ccc(C#CCCCOC(=O)CCC(=O)O)cc3)cc2)cc1. The van der Waals surface area contributed by atoms with Crippen LogP contribution in [0.25, 0.3) is 0 Å². The van der Waals surface area contributed by atoms with Gasteiger partial charge in [0, 0.05) is 45.9 Å². The molecule has 6 nitrogen and oxygen atoms in total. The number of nitrogens with zero attached hydrogens (tertiary/aromatic N) is 1. The van der Waals surface area contributed by atoms with Crippen LogP contribution in [0.5, 0.6) is 0 Å². The lowest BCUT2D eigenvalue weighted by Gasteiger charge is -2.25. The number of nitrogens with two attached hydrogens (primary N) is 1. The van der Waals surface area contributed by atoms with Crippen molar-refractivity contribution in [2.24, 2.45) is 0 Å². The van der Waals surface area contributed by atoms with Gasteiger partial charge >= 0.3 is 11.9 Å². The second-order valence-electron chi connectivity index (χ2n) is 9.16. The number of hydrogen-bond donors (Lipinski definition) is 2. The zero-order valence-corrected chi connectivity index (χ0v) is 22.5. The molecule has 0 aromatic heterocycles. The Kier molecular flexibility index (Phi) is 10.2. The number of carboxylic acids is 1. The largest absolute Gasteiger partial charge is 0.481 e. The maximum atomic E-state index is 11.5. The van der Waals surface area contributed by atoms with Crippen molar-refractivity contribution in [1.29, 1.82) is 0 Å². The Labute approximate surface area is 240 Å². The number of para-hydroxylation sites is 1. The third-order valence-electron chi connectivity index (χ3n) is 6.01. The van der Waals surface area contributed by atoms with Crippen LogP contribution >= 0.6 is 0 Å². The summed E-state index contributed by atoms with van der Waals surface area (Å²) in [6, 6.07) is 33.8. The molecule has 6 heteroatoms. The van der Waals surface area contributed by atoms with Gasteiger partial charge in [0.25, 0.3) is 0 Å². The summed E-state index contributed by atoms with van der Waals surface area (Å²) in [7, 11) is 0. The van der Waals surface area contributed by atoms with Crippen molar-refractivity contribution in [3.05, 3.63) is 120 Å². The van der Waals surface area contributed by atoms with Gasteiger partial charge in [0.15, 0.2) is 0 Å². The van der Waals surface area contributed by atoms with Gasteiger partial charge in [0.2, 0.25) is 0 Å². The summed E-state index contributed by atoms with van der Waals surface area (Å²) in [6.45, 7) is 0.226. The number of rotatable bonds is 9. The first-order chi connectivity index (χ1) is 20.0. The standard InChI is InChI=1S/C35H30N2O4/c36-30-18-12-28(13-19-30)10-11-29-16-22-33(23-17-29)37(31-8-4-1-5-9-31)32-20-14-27(15-21-32)7-3-2-6-26-41-35(40)25-24-34(38)39/h1,4-5,8-9,12-23H,2,6,24-26,36H2,(H,38,39). The zero-order valence-electron chi connectivity index (χ0n) is 22.5. The van der Waals surface area contributed by atoms with Crippen molar-refractivity contribution in [3.63, 3.8) is 0 Å². The lowest BCUT2D eigenvalue weighted by atomic mass is 10.1. The van der Waals surface area contributed by atoms with Gasteiger partial charge in [-0.1, -0.05) is 41.9 Å². The van der Waals surface area contributed by atoms with Crippen LogP contribution in [0.15, 0.2) is 103 Å². The van der Waals surface area contributed by atoms with Gasteiger partial charge in [0.05, 0.1) is 19.4 Å². The number of aliphatic carboxylic acids is 1. The lowest BCUT2D eigenvalue weighted by Crippen LogP contribution is -2.09. The van der Waals surface area contributed by atoms with Crippen LogP contribution < -0.4 is 10.6 Å². The first-order valence-electron chi connectivity index (χ1n) is 13.3. The molecule has 4 aromatic carbocycles. The Morgan fingerprint density at radius 1 is 0.683 bits per heavy atom. The summed E-state index contributed by atoms with van der Waals surface area (Å²) in [5.41, 5.74) is 12.2. The molecular weight excluding hydrogens is 512 g/mol. The number of anilines is 4. The molecule has 0 atom stereocenters. The van der Waals surface area contributed by atoms with E-state index in [-0.39, 0.29) is 19.4 Å². The number of benzene rings is 4. The Balaban J connectivity index is 1.41. The summed E-state index contributed by atoms with van der Waals surface area (Å²) in [6.07, 6.45) is 0.821. The van der Waals surface area contributed by atoms with Gasteiger partial charge in [-0.15, -0.1) is 0 Å². The number of ether oxygens (including phenoxy) is 1. The fraction of sp³-hybridized carbons (Fsp3) is 0.143. The molecule has 204 valence electrons. The quantitative estimate of drug-likeness (QED) is 0.106. The van der Waals surface area contributed by atoms with Crippen molar-refractivity contribution < 1.29 is 19.4 Å². The van der Waals surface area contributed by atoms with Crippen molar-refractivity contribution in [3.8, 4) is 23.7 Å². The molecule has 3 N–H and O–H groups in total. The molecule has 0 saturated heterocycles. The van der Waals surface area contributed by atoms with Crippen molar-refractivity contribution in [1.82, 2.24) is 0 Å². The normalized spacial score (nSPS) is 9.95. The van der Waals surface area contributed by atoms with Crippen LogP contribution in [0, 0.1) is 23.7 Å². The number of carbonyl (C=O) groups is 2. The lowest BCUT2D eigenvalue weighted by molar-refractivity contribution is -0.147. The van der Waals surface area contributed by atoms with E-state index in [9.17, 15) is 9.59 Å². The highest BCUT2D eigenvalue weighted by Crippen LogP contribution is 2.34. The zero-order chi connectivity index (χ0) is 28.9. The molecule has 0 bridgehead atoms. The summed E-state index contributed by atoms with van der Waals surface area (Å²) >= 11 is 0. The third kappa shape index (κ3) is 9.06. The minimum absolute atomic E-state index is 0.115. The molecule has 0 saturated carbocycles. The molecule has 0 amide bonds. The summed E-state index contributed by atoms with van der Waals surface area (Å²) in [4.78, 5) is 24.1. The molecule has 0 aliphatic rings. The van der Waals surface area contributed by atoms with E-state index in [2.05, 4.69) is 52.8 Å². The number of carboxylic acid groups (broad SMARTS) is 1. The molecular formula is C35H30N2O4. The van der Waals surface area contributed by atoms with Gasteiger partial charge in [-0.3, -0.25) is 9.59 Å². The summed E-state index contributed by atoms with van der Waals surface area (Å²) in [5.74, 6) is 11.1. The van der Waals surface area contributed by atoms with Gasteiger partial charge in [0.1, 0.15) is 0 Å². The molecule has 0 unspecified atom stereocenters. The van der Waals surface area contributed by atoms with E-state index >= 15 is 0 Å². The number of unbranched alkanes of at least 4 members (excludes halogenated alkanes) is 1. The first kappa shape index (κ1) is 28.5. The predicted molar refractivity (Wildman–Crippen MR) is 162 cm³/mol. The van der Waals surface area contributed by atoms with Crippen LogP contribution in [0.3, 0.4) is 0 Å². The monoisotopic (exact) mass is 542 g/mol. The maximum Gasteiger partial charge on any atom is 0.306 e. The molecule has 0 fully saturated rings. The Morgan fingerprint density at radius 3 is 1.76 bits per heavy atom. The molecule has 4 aromatic rings. The van der Waals surface area contributed by atoms with E-state index in [1.807, 2.05) is 78.9 Å². The van der Waals surface area contributed by atoms with E-state index in [0.29, 0.717) is 18.5 Å². The van der Waals surface area contributed by atoms with Gasteiger partial charge < -0.3 is 20.5 Å². The smallest absolute Gasteiger partial charge is 0.306 e. The fourth-order valence-corrected chi connectivity index (χ4v) is 3.92. The Bertz CT molecular complexity index is 1570. The van der Waals surface area contributed by atoms with Crippen LogP contribution in [0.1, 0.15) is 42.4 Å². The summed E-state index contributed by atoms with van der Waals surface area (Å²) < 4.78 is 5.03. The number of carbonyl (C=O) groups excluding carboxylic acids is 1. The van der Waals surface area contributed by atoms with E-state index in [1.54, 1.807) is 0 Å². The predicted octanol–water partition coefficient (Wildman–Crippen LogP) is 6.68. The third-order valence-corrected chi connectivity index (χ3v) is 6.01. The van der Waals surface area contributed by atoms with Gasteiger partial charge in [-0.25, -0.2) is 0 Å². The van der Waals surface area contributed by atoms with Crippen LogP contribution in [0.2, 0.25) is 0 Å². The molecule has 41 heavy (non-hydrogen) atoms. The van der Waals surface area contributed by atoms with Crippen molar-refractivity contribution in [2.45, 2.75) is 25.7 Å². The average molecular weight is 543 g/mol. The number of esters is 1. The molecule has 4 rings (SSSR count). The van der Waals surface area contributed by atoms with Crippen LogP contribution in [0.4, 0.5) is 22.7 Å². The molecule has 0 aliphatic heterocycles. The highest BCUT2D eigenvalue weighted by Gasteiger charge is 2.12. The highest BCUT2D eigenvalue weighted by atomic mass is 16.5. The summed E-state index contributed by atoms with van der Waals surface area (Å²) in [5, 5.41) is 8.61. The fourth-order valence-electron chi connectivity index (χ4n) is 3.92. The van der Waals surface area contributed by atoms with E-state index < -0.39 is 11.9 Å². The van der Waals surface area contributed by atoms with E-state index in [1.165, 1.54) is 0 Å². The van der Waals surface area contributed by atoms with Crippen molar-refractivity contribution in [2.75, 3.05) is 17.2 Å². The first-order valence-corrected chi connectivity index (χ1v) is 13.3. The number of hydrogen-bond acceptors (Lipinski definition) is 5. The second-order valence-corrected chi connectivity index (χ2v) is 9.16. The van der Waals surface area contributed by atoms with Gasteiger partial charge in [-0.2, -0.15) is 0 Å². The number of nitrogen functional groups attached to an aromatic ring is 1. The van der Waals surface area contributed by atoms with Crippen LogP contribution in [-0.2, 0) is 14.3 Å². The molecule has 0 aliphatic carbocycles. The van der Waals surface area contributed by atoms with Gasteiger partial charge in [-0.05, 0) is 91.3 Å². The van der Waals surface area contributed by atoms with E-state index in [4.69, 9.17) is 15.6 Å². The molecule has 0 spiro atoms. The molecule has 0 heterocycles. The minimum Gasteiger partial charge on any atom is -0.481 e. The highest BCUT2D eigenvalue weighted by molar-refractivity contribution is 5.77. The van der Waals surface area contributed by atoms with Crippen LogP contribution in [-0.4, -0.2) is 23.7 Å².